The summed E-state index contributed by atoms with van der Waals surface area (Å²) in [4.78, 5) is 4.47. The van der Waals surface area contributed by atoms with E-state index in [1.807, 2.05) is 38.1 Å². The van der Waals surface area contributed by atoms with Crippen LogP contribution in [0.15, 0.2) is 36.4 Å². The zero-order valence-corrected chi connectivity index (χ0v) is 16.4. The molecule has 0 amide bonds. The average Bonchev–Trinajstić information content (AvgIpc) is 2.64. The molecule has 0 aliphatic heterocycles. The zero-order chi connectivity index (χ0) is 18.9. The quantitative estimate of drug-likeness (QED) is 0.683. The van der Waals surface area contributed by atoms with E-state index in [1.165, 1.54) is 5.56 Å². The normalized spacial score (nSPS) is 12.1. The Hall–Kier alpha value is -2.27. The first-order valence-corrected chi connectivity index (χ1v) is 9.21. The molecule has 2 rings (SSSR count). The Morgan fingerprint density at radius 1 is 1.00 bits per heavy atom. The van der Waals surface area contributed by atoms with Gasteiger partial charge in [0, 0.05) is 18.7 Å². The van der Waals surface area contributed by atoms with Gasteiger partial charge in [-0.2, -0.15) is 0 Å². The van der Waals surface area contributed by atoms with Gasteiger partial charge in [-0.1, -0.05) is 26.0 Å². The van der Waals surface area contributed by atoms with E-state index in [1.54, 1.807) is 7.11 Å². The molecule has 0 bridgehead atoms. The van der Waals surface area contributed by atoms with Crippen LogP contribution in [-0.2, 0) is 6.54 Å². The number of benzene rings is 1. The predicted molar refractivity (Wildman–Crippen MR) is 104 cm³/mol. The summed E-state index contributed by atoms with van der Waals surface area (Å²) in [6.07, 6.45) is 0. The van der Waals surface area contributed by atoms with E-state index in [0.717, 1.165) is 17.2 Å². The standard InChI is InChI=1S/C21H30N2O3/c1-6-25-18-12-11-16(13-19(18)26-7-2)21(15(3)4)22-14-17-9-8-10-20(23-17)24-5/h8-13,15,21-22H,6-7,14H2,1-5H3. The zero-order valence-electron chi connectivity index (χ0n) is 16.4. The van der Waals surface area contributed by atoms with Crippen molar-refractivity contribution in [2.24, 2.45) is 5.92 Å². The van der Waals surface area contributed by atoms with Crippen molar-refractivity contribution in [1.29, 1.82) is 0 Å². The highest BCUT2D eigenvalue weighted by Gasteiger charge is 2.18. The molecule has 2 aromatic rings. The fourth-order valence-corrected chi connectivity index (χ4v) is 2.88. The number of hydrogen-bond donors (Lipinski definition) is 1. The maximum Gasteiger partial charge on any atom is 0.213 e. The van der Waals surface area contributed by atoms with Crippen LogP contribution in [0.5, 0.6) is 17.4 Å². The topological polar surface area (TPSA) is 52.6 Å². The summed E-state index contributed by atoms with van der Waals surface area (Å²) in [5.74, 6) is 2.62. The number of aromatic nitrogens is 1. The van der Waals surface area contributed by atoms with Gasteiger partial charge in [-0.05, 0) is 43.5 Å². The van der Waals surface area contributed by atoms with E-state index < -0.39 is 0 Å². The smallest absolute Gasteiger partial charge is 0.213 e. The van der Waals surface area contributed by atoms with Gasteiger partial charge in [0.15, 0.2) is 11.5 Å². The second-order valence-corrected chi connectivity index (χ2v) is 6.35. The molecule has 1 unspecified atom stereocenters. The fraction of sp³-hybridized carbons (Fsp3) is 0.476. The van der Waals surface area contributed by atoms with E-state index in [9.17, 15) is 0 Å². The maximum absolute atomic E-state index is 5.77. The molecule has 5 heteroatoms. The molecule has 0 aliphatic rings. The molecule has 1 heterocycles. The monoisotopic (exact) mass is 358 g/mol. The maximum atomic E-state index is 5.77. The third kappa shape index (κ3) is 5.36. The van der Waals surface area contributed by atoms with Crippen molar-refractivity contribution in [2.45, 2.75) is 40.3 Å². The van der Waals surface area contributed by atoms with Gasteiger partial charge < -0.3 is 19.5 Å². The van der Waals surface area contributed by atoms with Crippen LogP contribution in [0.3, 0.4) is 0 Å². The van der Waals surface area contributed by atoms with Gasteiger partial charge in [-0.3, -0.25) is 0 Å². The molecule has 0 fully saturated rings. The van der Waals surface area contributed by atoms with Crippen LogP contribution in [0.4, 0.5) is 0 Å². The van der Waals surface area contributed by atoms with Gasteiger partial charge in [-0.25, -0.2) is 4.98 Å². The molecule has 26 heavy (non-hydrogen) atoms. The molecule has 1 atom stereocenters. The lowest BCUT2D eigenvalue weighted by Gasteiger charge is -2.24. The average molecular weight is 358 g/mol. The SMILES string of the molecule is CCOc1ccc(C(NCc2cccc(OC)n2)C(C)C)cc1OCC. The number of nitrogens with one attached hydrogen (secondary N) is 1. The van der Waals surface area contributed by atoms with Crippen molar-refractivity contribution in [3.05, 3.63) is 47.7 Å². The summed E-state index contributed by atoms with van der Waals surface area (Å²) in [7, 11) is 1.63. The van der Waals surface area contributed by atoms with Crippen molar-refractivity contribution < 1.29 is 14.2 Å². The van der Waals surface area contributed by atoms with Gasteiger partial charge in [-0.15, -0.1) is 0 Å². The molecule has 1 N–H and O–H groups in total. The number of rotatable bonds is 10. The first-order valence-electron chi connectivity index (χ1n) is 9.21. The summed E-state index contributed by atoms with van der Waals surface area (Å²) in [5, 5.41) is 3.61. The molecule has 0 spiro atoms. The Morgan fingerprint density at radius 2 is 1.73 bits per heavy atom. The van der Waals surface area contributed by atoms with E-state index in [2.05, 4.69) is 36.3 Å². The molecule has 142 valence electrons. The van der Waals surface area contributed by atoms with Crippen LogP contribution in [0, 0.1) is 5.92 Å². The van der Waals surface area contributed by atoms with Crippen LogP contribution >= 0.6 is 0 Å². The second kappa shape index (κ2) is 10.0. The van der Waals surface area contributed by atoms with E-state index in [0.29, 0.717) is 31.6 Å². The molecule has 1 aromatic carbocycles. The largest absolute Gasteiger partial charge is 0.490 e. The molecule has 1 aromatic heterocycles. The summed E-state index contributed by atoms with van der Waals surface area (Å²) >= 11 is 0. The van der Waals surface area contributed by atoms with Crippen LogP contribution in [0.1, 0.15) is 45.0 Å². The first-order chi connectivity index (χ1) is 12.6. The molecular weight excluding hydrogens is 328 g/mol. The van der Waals surface area contributed by atoms with Crippen LogP contribution in [0.2, 0.25) is 0 Å². The highest BCUT2D eigenvalue weighted by molar-refractivity contribution is 5.44. The third-order valence-corrected chi connectivity index (χ3v) is 4.09. The summed E-state index contributed by atoms with van der Waals surface area (Å²) in [6, 6.07) is 12.1. The molecule has 0 saturated heterocycles. The predicted octanol–water partition coefficient (Wildman–Crippen LogP) is 4.37. The first kappa shape index (κ1) is 20.0. The minimum atomic E-state index is 0.179. The van der Waals surface area contributed by atoms with Gasteiger partial charge in [0.1, 0.15) is 0 Å². The van der Waals surface area contributed by atoms with E-state index in [4.69, 9.17) is 14.2 Å². The van der Waals surface area contributed by atoms with Gasteiger partial charge in [0.25, 0.3) is 0 Å². The Morgan fingerprint density at radius 3 is 2.38 bits per heavy atom. The number of nitrogens with zero attached hydrogens (tertiary/aromatic N) is 1. The highest BCUT2D eigenvalue weighted by atomic mass is 16.5. The molecule has 0 saturated carbocycles. The van der Waals surface area contributed by atoms with Gasteiger partial charge in [0.2, 0.25) is 5.88 Å². The number of methoxy groups -OCH3 is 1. The Labute approximate surface area is 156 Å². The van der Waals surface area contributed by atoms with Crippen LogP contribution in [-0.4, -0.2) is 25.3 Å². The van der Waals surface area contributed by atoms with E-state index in [-0.39, 0.29) is 6.04 Å². The lowest BCUT2D eigenvalue weighted by molar-refractivity contribution is 0.286. The van der Waals surface area contributed by atoms with Crippen molar-refractivity contribution in [2.75, 3.05) is 20.3 Å². The Balaban J connectivity index is 2.19. The molecule has 0 radical (unpaired) electrons. The van der Waals surface area contributed by atoms with Crippen molar-refractivity contribution in [3.63, 3.8) is 0 Å². The van der Waals surface area contributed by atoms with Crippen molar-refractivity contribution >= 4 is 0 Å². The number of ether oxygens (including phenoxy) is 3. The Kier molecular flexibility index (Phi) is 7.73. The molecular formula is C21H30N2O3. The Bertz CT molecular complexity index is 689. The minimum absolute atomic E-state index is 0.179. The minimum Gasteiger partial charge on any atom is -0.490 e. The summed E-state index contributed by atoms with van der Waals surface area (Å²) < 4.78 is 16.6. The van der Waals surface area contributed by atoms with Crippen molar-refractivity contribution in [1.82, 2.24) is 10.3 Å². The number of pyridine rings is 1. The fourth-order valence-electron chi connectivity index (χ4n) is 2.88. The second-order valence-electron chi connectivity index (χ2n) is 6.35. The lowest BCUT2D eigenvalue weighted by atomic mass is 9.95. The third-order valence-electron chi connectivity index (χ3n) is 4.09. The van der Waals surface area contributed by atoms with Gasteiger partial charge in [0.05, 0.1) is 26.0 Å². The van der Waals surface area contributed by atoms with Crippen LogP contribution < -0.4 is 19.5 Å². The van der Waals surface area contributed by atoms with Crippen LogP contribution in [0.25, 0.3) is 0 Å². The summed E-state index contributed by atoms with van der Waals surface area (Å²) in [5.41, 5.74) is 2.13. The van der Waals surface area contributed by atoms with Gasteiger partial charge >= 0.3 is 0 Å². The van der Waals surface area contributed by atoms with Crippen molar-refractivity contribution in [3.8, 4) is 17.4 Å². The number of hydrogen-bond acceptors (Lipinski definition) is 5. The summed E-state index contributed by atoms with van der Waals surface area (Å²) in [6.45, 7) is 10.3. The molecule has 0 aliphatic carbocycles. The lowest BCUT2D eigenvalue weighted by Crippen LogP contribution is -2.26. The van der Waals surface area contributed by atoms with E-state index >= 15 is 0 Å². The molecule has 5 nitrogen and oxygen atoms in total. The highest BCUT2D eigenvalue weighted by Crippen LogP contribution is 2.33.